The number of hydrogen-bond acceptors (Lipinski definition) is 3. The summed E-state index contributed by atoms with van der Waals surface area (Å²) in [7, 11) is 0. The predicted molar refractivity (Wildman–Crippen MR) is 106 cm³/mol. The molecule has 3 nitrogen and oxygen atoms in total. The van der Waals surface area contributed by atoms with Gasteiger partial charge in [-0.3, -0.25) is 4.79 Å². The zero-order valence-corrected chi connectivity index (χ0v) is 16.0. The van der Waals surface area contributed by atoms with Crippen molar-refractivity contribution in [2.24, 2.45) is 0 Å². The van der Waals surface area contributed by atoms with E-state index in [1.807, 2.05) is 69.3 Å². The van der Waals surface area contributed by atoms with Crippen molar-refractivity contribution >= 4 is 34.5 Å². The molecule has 0 N–H and O–H groups in total. The molecule has 1 amide bonds. The largest absolute Gasteiger partial charge is 0.308 e. The maximum absolute atomic E-state index is 13.1. The molecule has 0 unspecified atom stereocenters. The number of benzene rings is 2. The van der Waals surface area contributed by atoms with Gasteiger partial charge >= 0.3 is 0 Å². The molecule has 0 aliphatic heterocycles. The molecule has 0 saturated heterocycles. The Morgan fingerprint density at radius 2 is 1.88 bits per heavy atom. The van der Waals surface area contributed by atoms with Gasteiger partial charge in [-0.25, -0.2) is 4.98 Å². The topological polar surface area (TPSA) is 33.2 Å². The molecule has 3 rings (SSSR count). The Morgan fingerprint density at radius 1 is 1.16 bits per heavy atom. The van der Waals surface area contributed by atoms with Crippen molar-refractivity contribution in [2.75, 3.05) is 11.4 Å². The predicted octanol–water partition coefficient (Wildman–Crippen LogP) is 5.75. The summed E-state index contributed by atoms with van der Waals surface area (Å²) < 4.78 is 0. The van der Waals surface area contributed by atoms with Crippen LogP contribution in [0.15, 0.2) is 48.5 Å². The molecule has 0 aliphatic carbocycles. The Labute approximate surface area is 156 Å². The van der Waals surface area contributed by atoms with Gasteiger partial charge in [-0.15, -0.1) is 11.3 Å². The highest BCUT2D eigenvalue weighted by atomic mass is 35.5. The number of halogens is 1. The van der Waals surface area contributed by atoms with Crippen LogP contribution in [0, 0.1) is 13.8 Å². The highest BCUT2D eigenvalue weighted by molar-refractivity contribution is 7.17. The Kier molecular flexibility index (Phi) is 5.21. The number of carbonyl (C=O) groups excluding carboxylic acids is 1. The summed E-state index contributed by atoms with van der Waals surface area (Å²) in [5, 5.41) is 1.52. The molecule has 0 saturated carbocycles. The molecule has 2 aromatic carbocycles. The standard InChI is InChI=1S/C20H19ClN2OS/c1-4-23(17-7-5-6-13(2)12-17)20(24)18-14(3)22-19(25-18)15-8-10-16(21)11-9-15/h5-12H,4H2,1-3H3. The molecule has 0 bridgehead atoms. The smallest absolute Gasteiger partial charge is 0.270 e. The lowest BCUT2D eigenvalue weighted by atomic mass is 10.2. The zero-order chi connectivity index (χ0) is 18.0. The second-order valence-corrected chi connectivity index (χ2v) is 7.26. The molecule has 0 atom stereocenters. The molecule has 1 aromatic heterocycles. The summed E-state index contributed by atoms with van der Waals surface area (Å²) in [5.41, 5.74) is 3.76. The number of nitrogens with zero attached hydrogens (tertiary/aromatic N) is 2. The minimum absolute atomic E-state index is 0.0108. The average molecular weight is 371 g/mol. The Balaban J connectivity index is 1.95. The van der Waals surface area contributed by atoms with Crippen molar-refractivity contribution in [1.29, 1.82) is 0 Å². The van der Waals surface area contributed by atoms with Crippen molar-refractivity contribution in [1.82, 2.24) is 4.98 Å². The van der Waals surface area contributed by atoms with Gasteiger partial charge in [-0.1, -0.05) is 35.9 Å². The minimum Gasteiger partial charge on any atom is -0.308 e. The van der Waals surface area contributed by atoms with Crippen LogP contribution in [0.5, 0.6) is 0 Å². The van der Waals surface area contributed by atoms with Gasteiger partial charge in [0.15, 0.2) is 0 Å². The van der Waals surface area contributed by atoms with Crippen molar-refractivity contribution in [2.45, 2.75) is 20.8 Å². The summed E-state index contributed by atoms with van der Waals surface area (Å²) in [6.07, 6.45) is 0. The number of amides is 1. The van der Waals surface area contributed by atoms with Crippen LogP contribution in [0.25, 0.3) is 10.6 Å². The van der Waals surface area contributed by atoms with Gasteiger partial charge in [0.25, 0.3) is 5.91 Å². The normalized spacial score (nSPS) is 10.7. The molecule has 5 heteroatoms. The van der Waals surface area contributed by atoms with Gasteiger partial charge in [0.1, 0.15) is 9.88 Å². The molecular weight excluding hydrogens is 352 g/mol. The lowest BCUT2D eigenvalue weighted by Crippen LogP contribution is -2.30. The van der Waals surface area contributed by atoms with Gasteiger partial charge in [0, 0.05) is 22.8 Å². The van der Waals surface area contributed by atoms with Gasteiger partial charge in [0.05, 0.1) is 5.69 Å². The fraction of sp³-hybridized carbons (Fsp3) is 0.200. The Hall–Kier alpha value is -2.17. The van der Waals surface area contributed by atoms with Crippen LogP contribution < -0.4 is 4.90 Å². The second-order valence-electron chi connectivity index (χ2n) is 5.83. The molecule has 0 fully saturated rings. The molecule has 1 heterocycles. The maximum atomic E-state index is 13.1. The number of carbonyl (C=O) groups is 1. The van der Waals surface area contributed by atoms with Crippen molar-refractivity contribution in [3.05, 3.63) is 69.7 Å². The average Bonchev–Trinajstić information content (AvgIpc) is 2.98. The van der Waals surface area contributed by atoms with Gasteiger partial charge in [-0.2, -0.15) is 0 Å². The number of rotatable bonds is 4. The third kappa shape index (κ3) is 3.75. The van der Waals surface area contributed by atoms with Crippen LogP contribution in [0.2, 0.25) is 5.02 Å². The van der Waals surface area contributed by atoms with Gasteiger partial charge in [-0.05, 0) is 50.6 Å². The summed E-state index contributed by atoms with van der Waals surface area (Å²) in [6.45, 7) is 6.50. The van der Waals surface area contributed by atoms with E-state index < -0.39 is 0 Å². The molecule has 25 heavy (non-hydrogen) atoms. The minimum atomic E-state index is -0.0108. The molecule has 3 aromatic rings. The summed E-state index contributed by atoms with van der Waals surface area (Å²) >= 11 is 7.37. The fourth-order valence-electron chi connectivity index (χ4n) is 2.67. The lowest BCUT2D eigenvalue weighted by Gasteiger charge is -2.21. The maximum Gasteiger partial charge on any atom is 0.270 e. The van der Waals surface area contributed by atoms with Crippen LogP contribution in [0.1, 0.15) is 27.9 Å². The quantitative estimate of drug-likeness (QED) is 0.586. The summed E-state index contributed by atoms with van der Waals surface area (Å²) in [6, 6.07) is 15.5. The first-order valence-corrected chi connectivity index (χ1v) is 9.31. The van der Waals surface area contributed by atoms with Crippen LogP contribution >= 0.6 is 22.9 Å². The fourth-order valence-corrected chi connectivity index (χ4v) is 3.82. The highest BCUT2D eigenvalue weighted by Gasteiger charge is 2.22. The first kappa shape index (κ1) is 17.6. The molecule has 128 valence electrons. The van der Waals surface area contributed by atoms with Crippen LogP contribution in [0.4, 0.5) is 5.69 Å². The van der Waals surface area contributed by atoms with E-state index >= 15 is 0 Å². The number of thiazole rings is 1. The number of hydrogen-bond donors (Lipinski definition) is 0. The zero-order valence-electron chi connectivity index (χ0n) is 14.4. The van der Waals surface area contributed by atoms with E-state index in [-0.39, 0.29) is 5.91 Å². The summed E-state index contributed by atoms with van der Waals surface area (Å²) in [5.74, 6) is -0.0108. The second kappa shape index (κ2) is 7.38. The SMILES string of the molecule is CCN(C(=O)c1sc(-c2ccc(Cl)cc2)nc1C)c1cccc(C)c1. The van der Waals surface area contributed by atoms with E-state index in [0.717, 1.165) is 27.5 Å². The van der Waals surface area contributed by atoms with Crippen molar-refractivity contribution in [3.8, 4) is 10.6 Å². The lowest BCUT2D eigenvalue weighted by molar-refractivity contribution is 0.0991. The van der Waals surface area contributed by atoms with E-state index in [2.05, 4.69) is 4.98 Å². The third-order valence-electron chi connectivity index (χ3n) is 3.96. The van der Waals surface area contributed by atoms with Crippen molar-refractivity contribution in [3.63, 3.8) is 0 Å². The van der Waals surface area contributed by atoms with Gasteiger partial charge in [0.2, 0.25) is 0 Å². The van der Waals surface area contributed by atoms with E-state index in [1.54, 1.807) is 4.90 Å². The third-order valence-corrected chi connectivity index (χ3v) is 5.40. The molecule has 0 radical (unpaired) electrons. The first-order valence-electron chi connectivity index (χ1n) is 8.11. The Morgan fingerprint density at radius 3 is 2.52 bits per heavy atom. The van der Waals surface area contributed by atoms with Crippen LogP contribution in [0.3, 0.4) is 0 Å². The Bertz CT molecular complexity index is 902. The first-order chi connectivity index (χ1) is 12.0. The van der Waals surface area contributed by atoms with Gasteiger partial charge < -0.3 is 4.90 Å². The summed E-state index contributed by atoms with van der Waals surface area (Å²) in [4.78, 5) is 20.1. The monoisotopic (exact) mass is 370 g/mol. The van der Waals surface area contributed by atoms with E-state index in [0.29, 0.717) is 16.4 Å². The van der Waals surface area contributed by atoms with Crippen LogP contribution in [-0.2, 0) is 0 Å². The highest BCUT2D eigenvalue weighted by Crippen LogP contribution is 2.30. The number of aromatic nitrogens is 1. The number of aryl methyl sites for hydroxylation is 2. The van der Waals surface area contributed by atoms with E-state index in [9.17, 15) is 4.79 Å². The molecule has 0 aliphatic rings. The van der Waals surface area contributed by atoms with E-state index in [1.165, 1.54) is 11.3 Å². The molecule has 0 spiro atoms. The van der Waals surface area contributed by atoms with Crippen molar-refractivity contribution < 1.29 is 4.79 Å². The van der Waals surface area contributed by atoms with Crippen LogP contribution in [-0.4, -0.2) is 17.4 Å². The van der Waals surface area contributed by atoms with E-state index in [4.69, 9.17) is 11.6 Å². The molecular formula is C20H19ClN2OS. The number of anilines is 1.